The van der Waals surface area contributed by atoms with Gasteiger partial charge in [0.2, 0.25) is 5.91 Å². The molecule has 36 heavy (non-hydrogen) atoms. The number of piperidine rings is 1. The molecule has 0 N–H and O–H groups in total. The lowest BCUT2D eigenvalue weighted by Crippen LogP contribution is -2.48. The second kappa shape index (κ2) is 10.2. The third kappa shape index (κ3) is 4.85. The first kappa shape index (κ1) is 24.7. The van der Waals surface area contributed by atoms with E-state index in [1.807, 2.05) is 23.6 Å². The number of morpholine rings is 1. The molecule has 2 amide bonds. The summed E-state index contributed by atoms with van der Waals surface area (Å²) < 4.78 is 27.2. The number of aromatic nitrogens is 2. The molecule has 8 nitrogen and oxygen atoms in total. The zero-order valence-electron chi connectivity index (χ0n) is 21.3. The van der Waals surface area contributed by atoms with Crippen LogP contribution >= 0.6 is 0 Å². The number of carbonyl (C=O) groups excluding carboxylic acids is 2. The summed E-state index contributed by atoms with van der Waals surface area (Å²) in [5.74, 6) is 0.394. The summed E-state index contributed by atoms with van der Waals surface area (Å²) in [4.78, 5) is 30.2. The number of likely N-dealkylation sites (tertiary alicyclic amines) is 1. The first-order valence-corrected chi connectivity index (χ1v) is 13.0. The van der Waals surface area contributed by atoms with E-state index in [2.05, 4.69) is 5.10 Å². The summed E-state index contributed by atoms with van der Waals surface area (Å²) >= 11 is 0. The molecule has 1 aromatic heterocycles. The van der Waals surface area contributed by atoms with E-state index < -0.39 is 0 Å². The predicted octanol–water partition coefficient (Wildman–Crippen LogP) is 3.18. The van der Waals surface area contributed by atoms with Crippen LogP contribution in [-0.2, 0) is 28.9 Å². The lowest BCUT2D eigenvalue weighted by Gasteiger charge is -2.35. The highest BCUT2D eigenvalue weighted by Gasteiger charge is 2.34. The molecule has 2 aromatic rings. The Morgan fingerprint density at radius 1 is 1.11 bits per heavy atom. The maximum Gasteiger partial charge on any atom is 0.274 e. The first-order valence-electron chi connectivity index (χ1n) is 13.0. The highest BCUT2D eigenvalue weighted by Crippen LogP contribution is 2.33. The molecule has 1 aromatic carbocycles. The van der Waals surface area contributed by atoms with E-state index >= 15 is 0 Å². The lowest BCUT2D eigenvalue weighted by atomic mass is 9.89. The Morgan fingerprint density at radius 3 is 2.53 bits per heavy atom. The van der Waals surface area contributed by atoms with Crippen molar-refractivity contribution >= 4 is 11.8 Å². The molecule has 2 fully saturated rings. The van der Waals surface area contributed by atoms with Gasteiger partial charge in [0.1, 0.15) is 18.1 Å². The van der Waals surface area contributed by atoms with E-state index in [0.29, 0.717) is 56.0 Å². The van der Waals surface area contributed by atoms with Crippen LogP contribution in [0.15, 0.2) is 18.2 Å². The molecule has 0 radical (unpaired) electrons. The van der Waals surface area contributed by atoms with Gasteiger partial charge in [-0.3, -0.25) is 14.3 Å². The van der Waals surface area contributed by atoms with Crippen LogP contribution in [0.2, 0.25) is 0 Å². The summed E-state index contributed by atoms with van der Waals surface area (Å²) in [7, 11) is 1.57. The Bertz CT molecular complexity index is 1130. The van der Waals surface area contributed by atoms with Gasteiger partial charge in [-0.2, -0.15) is 5.10 Å². The standard InChI is InChI=1S/C27H35FN4O4/c1-17-14-31(15-18(2)36-17)27(34)26-21-5-4-6-24(21)32(29-26)16-25(33)30-11-9-19(10-12-30)22-13-20(35-3)7-8-23(22)28/h7-8,13,17-19H,4-6,9-12,14-16H2,1-3H3/t17-,18+. The summed E-state index contributed by atoms with van der Waals surface area (Å²) in [6.45, 7) is 6.31. The molecule has 0 spiro atoms. The molecule has 2 aliphatic heterocycles. The van der Waals surface area contributed by atoms with Gasteiger partial charge in [-0.15, -0.1) is 0 Å². The van der Waals surface area contributed by atoms with Crippen LogP contribution in [0.4, 0.5) is 4.39 Å². The minimum absolute atomic E-state index is 0.00983. The first-order chi connectivity index (χ1) is 17.3. The molecule has 194 valence electrons. The monoisotopic (exact) mass is 498 g/mol. The number of amides is 2. The van der Waals surface area contributed by atoms with Crippen LogP contribution in [0.25, 0.3) is 0 Å². The number of ether oxygens (including phenoxy) is 2. The topological polar surface area (TPSA) is 76.9 Å². The minimum Gasteiger partial charge on any atom is -0.497 e. The van der Waals surface area contributed by atoms with Crippen molar-refractivity contribution in [2.24, 2.45) is 0 Å². The Labute approximate surface area is 211 Å². The molecular formula is C27H35FN4O4. The smallest absolute Gasteiger partial charge is 0.274 e. The number of hydrogen-bond acceptors (Lipinski definition) is 5. The quantitative estimate of drug-likeness (QED) is 0.633. The molecule has 1 aliphatic carbocycles. The van der Waals surface area contributed by atoms with Gasteiger partial charge in [-0.25, -0.2) is 4.39 Å². The summed E-state index contributed by atoms with van der Waals surface area (Å²) in [5, 5.41) is 4.66. The fourth-order valence-electron chi connectivity index (χ4n) is 5.93. The number of rotatable bonds is 5. The van der Waals surface area contributed by atoms with Crippen molar-refractivity contribution in [2.75, 3.05) is 33.3 Å². The van der Waals surface area contributed by atoms with Crippen LogP contribution in [0.5, 0.6) is 5.75 Å². The SMILES string of the molecule is COc1ccc(F)c(C2CCN(C(=O)Cn3nc(C(=O)N4C[C@@H](C)O[C@@H](C)C4)c4c3CCC4)CC2)c1. The molecule has 5 rings (SSSR count). The van der Waals surface area contributed by atoms with Crippen LogP contribution in [0.1, 0.15) is 66.3 Å². The summed E-state index contributed by atoms with van der Waals surface area (Å²) in [5.41, 5.74) is 3.14. The highest BCUT2D eigenvalue weighted by atomic mass is 19.1. The van der Waals surface area contributed by atoms with Gasteiger partial charge >= 0.3 is 0 Å². The number of benzene rings is 1. The van der Waals surface area contributed by atoms with Crippen LogP contribution in [0, 0.1) is 5.82 Å². The predicted molar refractivity (Wildman–Crippen MR) is 132 cm³/mol. The zero-order valence-corrected chi connectivity index (χ0v) is 21.3. The normalized spacial score (nSPS) is 22.6. The Balaban J connectivity index is 1.25. The van der Waals surface area contributed by atoms with Gasteiger partial charge in [0.25, 0.3) is 5.91 Å². The van der Waals surface area contributed by atoms with Crippen molar-refractivity contribution in [1.29, 1.82) is 0 Å². The van der Waals surface area contributed by atoms with Crippen LogP contribution in [-0.4, -0.2) is 76.9 Å². The fourth-order valence-corrected chi connectivity index (χ4v) is 5.93. The molecule has 0 saturated carbocycles. The number of halogens is 1. The van der Waals surface area contributed by atoms with E-state index in [9.17, 15) is 14.0 Å². The average Bonchev–Trinajstić information content (AvgIpc) is 3.47. The van der Waals surface area contributed by atoms with Crippen molar-refractivity contribution in [3.8, 4) is 5.75 Å². The molecule has 2 atom stereocenters. The van der Waals surface area contributed by atoms with Crippen molar-refractivity contribution in [2.45, 2.75) is 70.6 Å². The largest absolute Gasteiger partial charge is 0.497 e. The molecular weight excluding hydrogens is 463 g/mol. The van der Waals surface area contributed by atoms with Gasteiger partial charge in [-0.1, -0.05) is 0 Å². The average molecular weight is 499 g/mol. The molecule has 0 unspecified atom stereocenters. The van der Waals surface area contributed by atoms with Crippen molar-refractivity contribution < 1.29 is 23.5 Å². The Hall–Kier alpha value is -2.94. The van der Waals surface area contributed by atoms with Gasteiger partial charge in [-0.05, 0) is 75.6 Å². The van der Waals surface area contributed by atoms with Crippen molar-refractivity contribution in [1.82, 2.24) is 19.6 Å². The Kier molecular flexibility index (Phi) is 7.01. The molecule has 0 bridgehead atoms. The van der Waals surface area contributed by atoms with E-state index in [0.717, 1.165) is 30.5 Å². The second-order valence-electron chi connectivity index (χ2n) is 10.3. The van der Waals surface area contributed by atoms with Crippen molar-refractivity contribution in [3.63, 3.8) is 0 Å². The number of nitrogens with zero attached hydrogens (tertiary/aromatic N) is 4. The maximum absolute atomic E-state index is 14.4. The third-order valence-corrected chi connectivity index (χ3v) is 7.69. The van der Waals surface area contributed by atoms with Gasteiger partial charge < -0.3 is 19.3 Å². The molecule has 3 heterocycles. The minimum atomic E-state index is -0.228. The van der Waals surface area contributed by atoms with Gasteiger partial charge in [0, 0.05) is 37.4 Å². The van der Waals surface area contributed by atoms with Gasteiger partial charge in [0.15, 0.2) is 5.69 Å². The van der Waals surface area contributed by atoms with E-state index in [1.54, 1.807) is 23.9 Å². The van der Waals surface area contributed by atoms with Crippen LogP contribution in [0.3, 0.4) is 0 Å². The summed E-state index contributed by atoms with van der Waals surface area (Å²) in [6.07, 6.45) is 3.99. The Morgan fingerprint density at radius 2 is 1.83 bits per heavy atom. The lowest BCUT2D eigenvalue weighted by molar-refractivity contribution is -0.133. The number of methoxy groups -OCH3 is 1. The zero-order chi connectivity index (χ0) is 25.4. The molecule has 2 saturated heterocycles. The number of fused-ring (bicyclic) bond motifs is 1. The van der Waals surface area contributed by atoms with E-state index in [1.165, 1.54) is 6.07 Å². The van der Waals surface area contributed by atoms with Crippen LogP contribution < -0.4 is 4.74 Å². The van der Waals surface area contributed by atoms with E-state index in [4.69, 9.17) is 9.47 Å². The van der Waals surface area contributed by atoms with E-state index in [-0.39, 0.29) is 42.3 Å². The maximum atomic E-state index is 14.4. The molecule has 9 heteroatoms. The fraction of sp³-hybridized carbons (Fsp3) is 0.593. The third-order valence-electron chi connectivity index (χ3n) is 7.69. The number of hydrogen-bond donors (Lipinski definition) is 0. The second-order valence-corrected chi connectivity index (χ2v) is 10.3. The highest BCUT2D eigenvalue weighted by molar-refractivity contribution is 5.94. The van der Waals surface area contributed by atoms with Gasteiger partial charge in [0.05, 0.1) is 19.3 Å². The van der Waals surface area contributed by atoms with Crippen molar-refractivity contribution in [3.05, 3.63) is 46.5 Å². The summed E-state index contributed by atoms with van der Waals surface area (Å²) in [6, 6.07) is 4.83. The number of carbonyl (C=O) groups is 2. The molecule has 3 aliphatic rings.